The Morgan fingerprint density at radius 2 is 1.24 bits per heavy atom. The zero-order valence-electron chi connectivity index (χ0n) is 20.3. The summed E-state index contributed by atoms with van der Waals surface area (Å²) in [5.41, 5.74) is 7.87. The molecule has 0 aliphatic rings. The van der Waals surface area contributed by atoms with E-state index in [1.165, 1.54) is 5.56 Å². The van der Waals surface area contributed by atoms with Gasteiger partial charge in [-0.1, -0.05) is 115 Å². The van der Waals surface area contributed by atoms with Crippen LogP contribution in [0.15, 0.2) is 85.5 Å². The predicted octanol–water partition coefficient (Wildman–Crippen LogP) is 9.67. The van der Waals surface area contributed by atoms with Gasteiger partial charge in [0.1, 0.15) is 0 Å². The van der Waals surface area contributed by atoms with Gasteiger partial charge in [0.2, 0.25) is 0 Å². The minimum atomic E-state index is 1.04. The van der Waals surface area contributed by atoms with E-state index in [1.807, 2.05) is 79.7 Å². The molecule has 0 saturated heterocycles. The number of allylic oxidation sites excluding steroid dienone is 5. The highest BCUT2D eigenvalue weighted by Gasteiger charge is 2.08. The second-order valence-corrected chi connectivity index (χ2v) is 5.65. The van der Waals surface area contributed by atoms with Crippen LogP contribution in [0, 0.1) is 6.92 Å². The summed E-state index contributed by atoms with van der Waals surface area (Å²) in [6.45, 7) is 26.7. The van der Waals surface area contributed by atoms with Gasteiger partial charge in [-0.15, -0.1) is 0 Å². The van der Waals surface area contributed by atoms with Crippen molar-refractivity contribution in [1.29, 1.82) is 0 Å². The van der Waals surface area contributed by atoms with Crippen LogP contribution in [0.5, 0.6) is 0 Å². The van der Waals surface area contributed by atoms with Gasteiger partial charge < -0.3 is 0 Å². The van der Waals surface area contributed by atoms with Crippen LogP contribution in [0.2, 0.25) is 0 Å². The van der Waals surface area contributed by atoms with E-state index in [0.717, 1.165) is 33.4 Å². The van der Waals surface area contributed by atoms with Crippen molar-refractivity contribution in [3.05, 3.63) is 108 Å². The van der Waals surface area contributed by atoms with Crippen LogP contribution in [0.4, 0.5) is 0 Å². The lowest BCUT2D eigenvalue weighted by atomic mass is 9.91. The van der Waals surface area contributed by atoms with Crippen molar-refractivity contribution in [3.63, 3.8) is 0 Å². The average Bonchev–Trinajstić information content (AvgIpc) is 2.80. The third-order valence-corrected chi connectivity index (χ3v) is 3.90. The van der Waals surface area contributed by atoms with Gasteiger partial charge >= 0.3 is 0 Å². The average molecular weight is 391 g/mol. The number of rotatable bonds is 5. The minimum Gasteiger partial charge on any atom is -0.0906 e. The summed E-state index contributed by atoms with van der Waals surface area (Å²) in [4.78, 5) is 0. The van der Waals surface area contributed by atoms with E-state index in [0.29, 0.717) is 0 Å². The number of benzene rings is 2. The van der Waals surface area contributed by atoms with Gasteiger partial charge in [0.05, 0.1) is 0 Å². The summed E-state index contributed by atoms with van der Waals surface area (Å²) in [6, 6.07) is 16.8. The standard InChI is InChI=1S/C23H24.3C2H6/c1-6-11-20(7-2)18(4)22-14-17(3)15-23(16-22)19(5)21-12-9-8-10-13-21;3*1-2/h6-16H,4-5H2,1-3H3;3*1-2H3/b11-6-,20-7+;;;. The molecule has 0 aromatic heterocycles. The summed E-state index contributed by atoms with van der Waals surface area (Å²) in [7, 11) is 0. The Bertz CT molecular complexity index is 771. The van der Waals surface area contributed by atoms with E-state index < -0.39 is 0 Å². The molecule has 0 nitrogen and oxygen atoms in total. The lowest BCUT2D eigenvalue weighted by molar-refractivity contribution is 1.41. The molecule has 0 spiro atoms. The summed E-state index contributed by atoms with van der Waals surface area (Å²) in [5, 5.41) is 0. The molecule has 29 heavy (non-hydrogen) atoms. The summed E-state index contributed by atoms with van der Waals surface area (Å²) < 4.78 is 0. The number of aryl methyl sites for hydroxylation is 1. The van der Waals surface area contributed by atoms with Crippen LogP contribution in [0.3, 0.4) is 0 Å². The zero-order valence-corrected chi connectivity index (χ0v) is 20.3. The number of hydrogen-bond donors (Lipinski definition) is 0. The quantitative estimate of drug-likeness (QED) is 0.446. The Labute approximate surface area is 181 Å². The molecule has 0 radical (unpaired) electrons. The van der Waals surface area contributed by atoms with Crippen molar-refractivity contribution < 1.29 is 0 Å². The Balaban J connectivity index is 0. The SMILES string of the molecule is C=C(C(/C=C\C)=C/C)c1cc(C)cc(C(=C)c2ccccc2)c1.CC.CC.CC. The number of hydrogen-bond acceptors (Lipinski definition) is 0. The zero-order chi connectivity index (χ0) is 22.8. The van der Waals surface area contributed by atoms with E-state index >= 15 is 0 Å². The molecule has 0 bridgehead atoms. The first-order valence-corrected chi connectivity index (χ1v) is 10.9. The lowest BCUT2D eigenvalue weighted by Crippen LogP contribution is -1.93. The van der Waals surface area contributed by atoms with E-state index in [-0.39, 0.29) is 0 Å². The van der Waals surface area contributed by atoms with Crippen molar-refractivity contribution in [2.75, 3.05) is 0 Å². The maximum atomic E-state index is 4.28. The van der Waals surface area contributed by atoms with Gasteiger partial charge in [0.15, 0.2) is 0 Å². The highest BCUT2D eigenvalue weighted by Crippen LogP contribution is 2.29. The molecule has 0 fully saturated rings. The van der Waals surface area contributed by atoms with Crippen LogP contribution in [-0.2, 0) is 0 Å². The lowest BCUT2D eigenvalue weighted by Gasteiger charge is -2.13. The molecule has 2 rings (SSSR count). The van der Waals surface area contributed by atoms with Gasteiger partial charge in [-0.05, 0) is 65.8 Å². The van der Waals surface area contributed by atoms with Crippen LogP contribution in [0.25, 0.3) is 11.1 Å². The Morgan fingerprint density at radius 3 is 1.72 bits per heavy atom. The van der Waals surface area contributed by atoms with Gasteiger partial charge in [-0.25, -0.2) is 0 Å². The molecule has 0 heteroatoms. The van der Waals surface area contributed by atoms with E-state index in [9.17, 15) is 0 Å². The van der Waals surface area contributed by atoms with E-state index in [4.69, 9.17) is 0 Å². The highest BCUT2D eigenvalue weighted by atomic mass is 14.1. The topological polar surface area (TPSA) is 0 Å². The largest absolute Gasteiger partial charge is 0.0906 e. The van der Waals surface area contributed by atoms with Crippen molar-refractivity contribution in [2.45, 2.75) is 62.3 Å². The molecule has 0 aliphatic carbocycles. The van der Waals surface area contributed by atoms with Crippen LogP contribution >= 0.6 is 0 Å². The normalized spacial score (nSPS) is 9.90. The maximum absolute atomic E-state index is 4.28. The molecular weight excluding hydrogens is 348 g/mol. The summed E-state index contributed by atoms with van der Waals surface area (Å²) >= 11 is 0. The van der Waals surface area contributed by atoms with Crippen LogP contribution in [-0.4, -0.2) is 0 Å². The van der Waals surface area contributed by atoms with Crippen molar-refractivity contribution in [1.82, 2.24) is 0 Å². The van der Waals surface area contributed by atoms with Gasteiger partial charge in [-0.2, -0.15) is 0 Å². The minimum absolute atomic E-state index is 1.04. The molecule has 2 aromatic carbocycles. The molecule has 0 unspecified atom stereocenters. The fourth-order valence-corrected chi connectivity index (χ4v) is 2.65. The molecule has 2 aromatic rings. The Hall–Kier alpha value is -2.60. The maximum Gasteiger partial charge on any atom is -0.0175 e. The summed E-state index contributed by atoms with van der Waals surface area (Å²) in [6.07, 6.45) is 6.23. The van der Waals surface area contributed by atoms with E-state index in [1.54, 1.807) is 0 Å². The van der Waals surface area contributed by atoms with Crippen molar-refractivity contribution in [2.24, 2.45) is 0 Å². The second-order valence-electron chi connectivity index (χ2n) is 5.65. The third kappa shape index (κ3) is 9.43. The first-order chi connectivity index (χ1) is 14.1. The molecule has 0 saturated carbocycles. The van der Waals surface area contributed by atoms with Crippen LogP contribution in [0.1, 0.15) is 77.6 Å². The molecule has 158 valence electrons. The molecule has 0 amide bonds. The predicted molar refractivity (Wildman–Crippen MR) is 137 cm³/mol. The fourth-order valence-electron chi connectivity index (χ4n) is 2.65. The Morgan fingerprint density at radius 1 is 0.724 bits per heavy atom. The van der Waals surface area contributed by atoms with E-state index in [2.05, 4.69) is 62.6 Å². The van der Waals surface area contributed by atoms with Crippen molar-refractivity contribution >= 4 is 11.1 Å². The van der Waals surface area contributed by atoms with Gasteiger partial charge in [0, 0.05) is 0 Å². The first kappa shape index (κ1) is 28.6. The Kier molecular flexibility index (Phi) is 17.3. The second kappa shape index (κ2) is 17.5. The van der Waals surface area contributed by atoms with Crippen LogP contribution < -0.4 is 0 Å². The molecule has 0 atom stereocenters. The fraction of sp³-hybridized carbons (Fsp3) is 0.310. The first-order valence-electron chi connectivity index (χ1n) is 10.9. The smallest absolute Gasteiger partial charge is 0.0175 e. The highest BCUT2D eigenvalue weighted by molar-refractivity contribution is 5.84. The van der Waals surface area contributed by atoms with Crippen molar-refractivity contribution in [3.8, 4) is 0 Å². The molecule has 0 N–H and O–H groups in total. The summed E-state index contributed by atoms with van der Waals surface area (Å²) in [5.74, 6) is 0. The molecular formula is C29H42. The molecule has 0 aliphatic heterocycles. The molecule has 0 heterocycles. The monoisotopic (exact) mass is 390 g/mol. The van der Waals surface area contributed by atoms with Gasteiger partial charge in [0.25, 0.3) is 0 Å². The third-order valence-electron chi connectivity index (χ3n) is 3.90. The van der Waals surface area contributed by atoms with Gasteiger partial charge in [-0.3, -0.25) is 0 Å².